The number of carbonyl (C=O) groups excluding carboxylic acids is 1. The van der Waals surface area contributed by atoms with Crippen molar-refractivity contribution in [2.75, 3.05) is 5.32 Å². The van der Waals surface area contributed by atoms with E-state index in [0.717, 1.165) is 16.3 Å². The van der Waals surface area contributed by atoms with E-state index >= 15 is 0 Å². The second-order valence-corrected chi connectivity index (χ2v) is 6.70. The predicted molar refractivity (Wildman–Crippen MR) is 114 cm³/mol. The van der Waals surface area contributed by atoms with Gasteiger partial charge in [-0.05, 0) is 52.8 Å². The Balaban J connectivity index is 1.65. The van der Waals surface area contributed by atoms with Gasteiger partial charge < -0.3 is 5.32 Å². The third-order valence-electron chi connectivity index (χ3n) is 3.65. The molecule has 0 saturated heterocycles. The summed E-state index contributed by atoms with van der Waals surface area (Å²) in [6.07, 6.45) is 3.21. The average Bonchev–Trinajstić information content (AvgIpc) is 2.63. The Morgan fingerprint density at radius 3 is 2.54 bits per heavy atom. The van der Waals surface area contributed by atoms with E-state index in [2.05, 4.69) is 10.6 Å². The van der Waals surface area contributed by atoms with E-state index in [-0.39, 0.29) is 11.0 Å². The maximum atomic E-state index is 12.1. The van der Waals surface area contributed by atoms with Crippen molar-refractivity contribution in [1.29, 1.82) is 0 Å². The Hall–Kier alpha value is -2.40. The first-order valence-electron chi connectivity index (χ1n) is 7.76. The quantitative estimate of drug-likeness (QED) is 0.439. The zero-order chi connectivity index (χ0) is 18.5. The number of anilines is 1. The summed E-state index contributed by atoms with van der Waals surface area (Å²) in [6, 6.07) is 18.9. The summed E-state index contributed by atoms with van der Waals surface area (Å²) < 4.78 is 0. The highest BCUT2D eigenvalue weighted by molar-refractivity contribution is 7.80. The molecule has 0 spiro atoms. The average molecular weight is 401 g/mol. The second-order valence-electron chi connectivity index (χ2n) is 5.47. The van der Waals surface area contributed by atoms with Crippen molar-refractivity contribution >= 4 is 69.0 Å². The standard InChI is InChI=1S/C20H14Cl2N2OS/c21-17-10-9-15(12-18(17)22)23-20(26)24-19(25)11-8-14-6-3-5-13-4-1-2-7-16(13)14/h1-12H,(H2,23,24,25,26). The van der Waals surface area contributed by atoms with Crippen LogP contribution in [-0.2, 0) is 4.79 Å². The number of rotatable bonds is 3. The minimum atomic E-state index is -0.324. The molecule has 0 saturated carbocycles. The molecule has 3 aromatic carbocycles. The third-order valence-corrected chi connectivity index (χ3v) is 4.59. The minimum absolute atomic E-state index is 0.177. The smallest absolute Gasteiger partial charge is 0.250 e. The number of hydrogen-bond acceptors (Lipinski definition) is 2. The van der Waals surface area contributed by atoms with Gasteiger partial charge in [-0.1, -0.05) is 65.7 Å². The van der Waals surface area contributed by atoms with Gasteiger partial charge in [0, 0.05) is 11.8 Å². The maximum absolute atomic E-state index is 12.1. The van der Waals surface area contributed by atoms with Gasteiger partial charge in [0.2, 0.25) is 5.91 Å². The molecule has 0 aliphatic rings. The van der Waals surface area contributed by atoms with Crippen molar-refractivity contribution in [1.82, 2.24) is 5.32 Å². The Kier molecular flexibility index (Phi) is 5.89. The van der Waals surface area contributed by atoms with Crippen LogP contribution < -0.4 is 10.6 Å². The van der Waals surface area contributed by atoms with E-state index in [1.54, 1.807) is 24.3 Å². The van der Waals surface area contributed by atoms with E-state index in [0.29, 0.717) is 15.7 Å². The minimum Gasteiger partial charge on any atom is -0.332 e. The van der Waals surface area contributed by atoms with Crippen LogP contribution in [0.3, 0.4) is 0 Å². The number of amides is 1. The van der Waals surface area contributed by atoms with Gasteiger partial charge in [-0.25, -0.2) is 0 Å². The fraction of sp³-hybridized carbons (Fsp3) is 0. The van der Waals surface area contributed by atoms with Crippen LogP contribution in [0.15, 0.2) is 66.7 Å². The van der Waals surface area contributed by atoms with Crippen LogP contribution >= 0.6 is 35.4 Å². The van der Waals surface area contributed by atoms with Crippen molar-refractivity contribution in [2.45, 2.75) is 0 Å². The number of carbonyl (C=O) groups is 1. The lowest BCUT2D eigenvalue weighted by Gasteiger charge is -2.09. The summed E-state index contributed by atoms with van der Waals surface area (Å²) in [5.74, 6) is -0.324. The first-order chi connectivity index (χ1) is 12.5. The molecule has 0 aliphatic carbocycles. The van der Waals surface area contributed by atoms with Crippen LogP contribution in [0.1, 0.15) is 5.56 Å². The predicted octanol–water partition coefficient (Wildman–Crippen LogP) is 5.67. The molecule has 3 nitrogen and oxygen atoms in total. The van der Waals surface area contributed by atoms with Gasteiger partial charge in [0.15, 0.2) is 5.11 Å². The lowest BCUT2D eigenvalue weighted by molar-refractivity contribution is -0.115. The molecule has 130 valence electrons. The van der Waals surface area contributed by atoms with E-state index in [4.69, 9.17) is 35.4 Å². The molecule has 3 aromatic rings. The van der Waals surface area contributed by atoms with Gasteiger partial charge in [0.1, 0.15) is 0 Å². The van der Waals surface area contributed by atoms with Crippen molar-refractivity contribution in [3.8, 4) is 0 Å². The Labute approximate surface area is 166 Å². The van der Waals surface area contributed by atoms with Crippen molar-refractivity contribution < 1.29 is 4.79 Å². The van der Waals surface area contributed by atoms with Gasteiger partial charge in [0.25, 0.3) is 0 Å². The number of benzene rings is 3. The summed E-state index contributed by atoms with van der Waals surface area (Å²) in [5, 5.41) is 8.72. The van der Waals surface area contributed by atoms with Gasteiger partial charge in [-0.3, -0.25) is 10.1 Å². The van der Waals surface area contributed by atoms with Crippen LogP contribution in [0.5, 0.6) is 0 Å². The summed E-state index contributed by atoms with van der Waals surface area (Å²) in [6.45, 7) is 0. The highest BCUT2D eigenvalue weighted by Gasteiger charge is 2.04. The maximum Gasteiger partial charge on any atom is 0.250 e. The number of thiocarbonyl (C=S) groups is 1. The largest absolute Gasteiger partial charge is 0.332 e. The number of hydrogen-bond donors (Lipinski definition) is 2. The van der Waals surface area contributed by atoms with Gasteiger partial charge in [-0.2, -0.15) is 0 Å². The van der Waals surface area contributed by atoms with Gasteiger partial charge in [-0.15, -0.1) is 0 Å². The highest BCUT2D eigenvalue weighted by Crippen LogP contribution is 2.25. The van der Waals surface area contributed by atoms with Crippen LogP contribution in [0.25, 0.3) is 16.8 Å². The lowest BCUT2D eigenvalue weighted by Crippen LogP contribution is -2.32. The molecule has 26 heavy (non-hydrogen) atoms. The number of fused-ring (bicyclic) bond motifs is 1. The zero-order valence-corrected chi connectivity index (χ0v) is 15.8. The molecule has 2 N–H and O–H groups in total. The molecule has 0 bridgehead atoms. The SMILES string of the molecule is O=C(C=Cc1cccc2ccccc12)NC(=S)Nc1ccc(Cl)c(Cl)c1. The first kappa shape index (κ1) is 18.4. The molecule has 0 aliphatic heterocycles. The van der Waals surface area contributed by atoms with E-state index < -0.39 is 0 Å². The fourth-order valence-corrected chi connectivity index (χ4v) is 2.97. The van der Waals surface area contributed by atoms with E-state index in [1.807, 2.05) is 42.5 Å². The molecular formula is C20H14Cl2N2OS. The molecule has 0 radical (unpaired) electrons. The fourth-order valence-electron chi connectivity index (χ4n) is 2.45. The molecule has 6 heteroatoms. The molecule has 1 amide bonds. The molecule has 3 rings (SSSR count). The van der Waals surface area contributed by atoms with Crippen LogP contribution in [0.4, 0.5) is 5.69 Å². The van der Waals surface area contributed by atoms with Crippen LogP contribution in [0, 0.1) is 0 Å². The molecule has 0 unspecified atom stereocenters. The Morgan fingerprint density at radius 1 is 0.962 bits per heavy atom. The normalized spacial score (nSPS) is 10.8. The van der Waals surface area contributed by atoms with Gasteiger partial charge >= 0.3 is 0 Å². The summed E-state index contributed by atoms with van der Waals surface area (Å²) in [4.78, 5) is 12.1. The van der Waals surface area contributed by atoms with Crippen molar-refractivity contribution in [3.63, 3.8) is 0 Å². The molecule has 0 atom stereocenters. The van der Waals surface area contributed by atoms with Crippen molar-refractivity contribution in [3.05, 3.63) is 82.3 Å². The van der Waals surface area contributed by atoms with Crippen LogP contribution in [0.2, 0.25) is 10.0 Å². The van der Waals surface area contributed by atoms with E-state index in [1.165, 1.54) is 6.08 Å². The first-order valence-corrected chi connectivity index (χ1v) is 8.92. The van der Waals surface area contributed by atoms with Crippen molar-refractivity contribution in [2.24, 2.45) is 0 Å². The summed E-state index contributed by atoms with van der Waals surface area (Å²) >= 11 is 17.0. The lowest BCUT2D eigenvalue weighted by atomic mass is 10.0. The highest BCUT2D eigenvalue weighted by atomic mass is 35.5. The molecule has 0 heterocycles. The second kappa shape index (κ2) is 8.32. The summed E-state index contributed by atoms with van der Waals surface area (Å²) in [5.41, 5.74) is 1.60. The molecule has 0 aromatic heterocycles. The monoisotopic (exact) mass is 400 g/mol. The third kappa shape index (κ3) is 4.61. The number of nitrogens with one attached hydrogen (secondary N) is 2. The van der Waals surface area contributed by atoms with E-state index in [9.17, 15) is 4.79 Å². The molecule has 0 fully saturated rings. The topological polar surface area (TPSA) is 41.1 Å². The summed E-state index contributed by atoms with van der Waals surface area (Å²) in [7, 11) is 0. The zero-order valence-electron chi connectivity index (χ0n) is 13.5. The molecular weight excluding hydrogens is 387 g/mol. The van der Waals surface area contributed by atoms with Crippen LogP contribution in [-0.4, -0.2) is 11.0 Å². The number of halogens is 2. The van der Waals surface area contributed by atoms with Gasteiger partial charge in [0.05, 0.1) is 10.0 Å². The Bertz CT molecular complexity index is 1010. The Morgan fingerprint density at radius 2 is 1.73 bits per heavy atom.